The van der Waals surface area contributed by atoms with Gasteiger partial charge in [0.25, 0.3) is 5.69 Å². The van der Waals surface area contributed by atoms with Crippen molar-refractivity contribution in [2.45, 2.75) is 4.90 Å². The fourth-order valence-electron chi connectivity index (χ4n) is 2.69. The predicted molar refractivity (Wildman–Crippen MR) is 110 cm³/mol. The van der Waals surface area contributed by atoms with Gasteiger partial charge in [0.15, 0.2) is 0 Å². The number of anilines is 2. The second-order valence-electron chi connectivity index (χ2n) is 5.85. The number of benzene rings is 2. The molecule has 2 aromatic rings. The molecule has 0 bridgehead atoms. The van der Waals surface area contributed by atoms with Gasteiger partial charge in [-0.1, -0.05) is 15.9 Å². The second kappa shape index (κ2) is 9.20. The number of thioether (sulfide) groups is 1. The van der Waals surface area contributed by atoms with Crippen LogP contribution in [0.3, 0.4) is 0 Å². The second-order valence-corrected chi connectivity index (χ2v) is 7.81. The van der Waals surface area contributed by atoms with Crippen LogP contribution in [0.15, 0.2) is 51.8 Å². The number of rotatable bonds is 6. The van der Waals surface area contributed by atoms with Gasteiger partial charge in [0.2, 0.25) is 5.91 Å². The first-order chi connectivity index (χ1) is 13.0. The maximum atomic E-state index is 12.4. The number of nitrogens with zero attached hydrogens (tertiary/aromatic N) is 2. The minimum Gasteiger partial charge on any atom is -0.378 e. The Kier molecular flexibility index (Phi) is 6.70. The van der Waals surface area contributed by atoms with Crippen LogP contribution in [0.1, 0.15) is 0 Å². The minimum atomic E-state index is -0.443. The van der Waals surface area contributed by atoms with Crippen molar-refractivity contribution in [3.8, 4) is 0 Å². The Balaban J connectivity index is 1.63. The molecule has 0 saturated carbocycles. The van der Waals surface area contributed by atoms with E-state index in [-0.39, 0.29) is 17.3 Å². The Labute approximate surface area is 169 Å². The van der Waals surface area contributed by atoms with Gasteiger partial charge in [0, 0.05) is 34.6 Å². The van der Waals surface area contributed by atoms with Gasteiger partial charge < -0.3 is 15.0 Å². The maximum Gasteiger partial charge on any atom is 0.269 e. The standard InChI is InChI=1S/C18H18BrN3O4S/c19-13-1-6-17(21-7-9-26-10-8-21)16(11-13)20-18(23)12-27-15-4-2-14(3-5-15)22(24)25/h1-6,11H,7-10,12H2,(H,20,23). The molecule has 3 rings (SSSR count). The molecule has 142 valence electrons. The molecular weight excluding hydrogens is 434 g/mol. The molecule has 1 N–H and O–H groups in total. The van der Waals surface area contributed by atoms with Gasteiger partial charge in [0.1, 0.15) is 0 Å². The molecule has 0 atom stereocenters. The average Bonchev–Trinajstić information content (AvgIpc) is 2.67. The van der Waals surface area contributed by atoms with Crippen LogP contribution >= 0.6 is 27.7 Å². The zero-order chi connectivity index (χ0) is 19.2. The Morgan fingerprint density at radius 2 is 1.93 bits per heavy atom. The van der Waals surface area contributed by atoms with Gasteiger partial charge in [-0.3, -0.25) is 14.9 Å². The van der Waals surface area contributed by atoms with Crippen LogP contribution in [-0.4, -0.2) is 42.9 Å². The molecule has 1 fully saturated rings. The summed E-state index contributed by atoms with van der Waals surface area (Å²) >= 11 is 4.78. The number of nitrogens with one attached hydrogen (secondary N) is 1. The van der Waals surface area contributed by atoms with Gasteiger partial charge in [-0.25, -0.2) is 0 Å². The third-order valence-corrected chi connectivity index (χ3v) is 5.51. The molecule has 0 aromatic heterocycles. The molecule has 1 amide bonds. The molecular formula is C18H18BrN3O4S. The highest BCUT2D eigenvalue weighted by Gasteiger charge is 2.16. The van der Waals surface area contributed by atoms with E-state index in [9.17, 15) is 14.9 Å². The summed E-state index contributed by atoms with van der Waals surface area (Å²) in [6.45, 7) is 2.89. The van der Waals surface area contributed by atoms with Gasteiger partial charge in [0.05, 0.1) is 35.3 Å². The van der Waals surface area contributed by atoms with Crippen LogP contribution < -0.4 is 10.2 Å². The molecule has 0 radical (unpaired) electrons. The Bertz CT molecular complexity index is 826. The van der Waals surface area contributed by atoms with E-state index in [0.29, 0.717) is 13.2 Å². The molecule has 7 nitrogen and oxygen atoms in total. The van der Waals surface area contributed by atoms with Crippen molar-refractivity contribution in [2.24, 2.45) is 0 Å². The lowest BCUT2D eigenvalue weighted by atomic mass is 10.2. The highest BCUT2D eigenvalue weighted by atomic mass is 79.9. The summed E-state index contributed by atoms with van der Waals surface area (Å²) in [5.74, 6) is 0.0818. The van der Waals surface area contributed by atoms with Crippen molar-refractivity contribution >= 4 is 50.7 Å². The topological polar surface area (TPSA) is 84.7 Å². The quantitative estimate of drug-likeness (QED) is 0.406. The van der Waals surface area contributed by atoms with Crippen LogP contribution in [0.2, 0.25) is 0 Å². The summed E-state index contributed by atoms with van der Waals surface area (Å²) in [7, 11) is 0. The minimum absolute atomic E-state index is 0.0353. The largest absolute Gasteiger partial charge is 0.378 e. The molecule has 27 heavy (non-hydrogen) atoms. The summed E-state index contributed by atoms with van der Waals surface area (Å²) in [5, 5.41) is 13.7. The summed E-state index contributed by atoms with van der Waals surface area (Å²) in [6, 6.07) is 12.0. The first-order valence-corrected chi connectivity index (χ1v) is 10.1. The lowest BCUT2D eigenvalue weighted by molar-refractivity contribution is -0.384. The van der Waals surface area contributed by atoms with E-state index in [0.717, 1.165) is 33.8 Å². The number of non-ortho nitro benzene ring substituents is 1. The highest BCUT2D eigenvalue weighted by molar-refractivity contribution is 9.10. The van der Waals surface area contributed by atoms with Crippen molar-refractivity contribution in [1.29, 1.82) is 0 Å². The van der Waals surface area contributed by atoms with E-state index in [2.05, 4.69) is 26.1 Å². The molecule has 9 heteroatoms. The highest BCUT2D eigenvalue weighted by Crippen LogP contribution is 2.30. The summed E-state index contributed by atoms with van der Waals surface area (Å²) < 4.78 is 6.28. The first kappa shape index (κ1) is 19.7. The van der Waals surface area contributed by atoms with Crippen LogP contribution in [0.5, 0.6) is 0 Å². The Morgan fingerprint density at radius 1 is 1.22 bits per heavy atom. The fourth-order valence-corrected chi connectivity index (χ4v) is 3.75. The number of halogens is 1. The van der Waals surface area contributed by atoms with Crippen molar-refractivity contribution in [1.82, 2.24) is 0 Å². The molecule has 1 aliphatic rings. The predicted octanol–water partition coefficient (Wildman–Crippen LogP) is 3.92. The Morgan fingerprint density at radius 3 is 2.59 bits per heavy atom. The van der Waals surface area contributed by atoms with E-state index < -0.39 is 4.92 Å². The van der Waals surface area contributed by atoms with Crippen LogP contribution in [-0.2, 0) is 9.53 Å². The summed E-state index contributed by atoms with van der Waals surface area (Å²) in [6.07, 6.45) is 0. The van der Waals surface area contributed by atoms with Gasteiger partial charge in [-0.05, 0) is 30.3 Å². The smallest absolute Gasteiger partial charge is 0.269 e. The SMILES string of the molecule is O=C(CSc1ccc([N+](=O)[O-])cc1)Nc1cc(Br)ccc1N1CCOCC1. The van der Waals surface area contributed by atoms with E-state index in [1.54, 1.807) is 12.1 Å². The van der Waals surface area contributed by atoms with E-state index in [4.69, 9.17) is 4.74 Å². The van der Waals surface area contributed by atoms with Crippen LogP contribution in [0.4, 0.5) is 17.1 Å². The normalized spacial score (nSPS) is 14.0. The van der Waals surface area contributed by atoms with Crippen molar-refractivity contribution in [3.05, 3.63) is 57.1 Å². The number of ether oxygens (including phenoxy) is 1. The van der Waals surface area contributed by atoms with Crippen molar-refractivity contribution in [2.75, 3.05) is 42.3 Å². The zero-order valence-electron chi connectivity index (χ0n) is 14.4. The number of carbonyl (C=O) groups is 1. The van der Waals surface area contributed by atoms with Crippen molar-refractivity contribution in [3.63, 3.8) is 0 Å². The lowest BCUT2D eigenvalue weighted by Crippen LogP contribution is -2.36. The number of morpholine rings is 1. The number of nitro benzene ring substituents is 1. The number of hydrogen-bond donors (Lipinski definition) is 1. The number of hydrogen-bond acceptors (Lipinski definition) is 6. The number of amides is 1. The van der Waals surface area contributed by atoms with Gasteiger partial charge in [-0.2, -0.15) is 0 Å². The first-order valence-electron chi connectivity index (χ1n) is 8.32. The molecule has 0 unspecified atom stereocenters. The molecule has 1 aliphatic heterocycles. The molecule has 0 spiro atoms. The monoisotopic (exact) mass is 451 g/mol. The van der Waals surface area contributed by atoms with Crippen molar-refractivity contribution < 1.29 is 14.5 Å². The van der Waals surface area contributed by atoms with Gasteiger partial charge >= 0.3 is 0 Å². The molecule has 0 aliphatic carbocycles. The van der Waals surface area contributed by atoms with E-state index in [1.165, 1.54) is 23.9 Å². The molecule has 2 aromatic carbocycles. The third kappa shape index (κ3) is 5.44. The van der Waals surface area contributed by atoms with E-state index >= 15 is 0 Å². The van der Waals surface area contributed by atoms with E-state index in [1.807, 2.05) is 18.2 Å². The fraction of sp³-hybridized carbons (Fsp3) is 0.278. The average molecular weight is 452 g/mol. The number of carbonyl (C=O) groups excluding carboxylic acids is 1. The van der Waals surface area contributed by atoms with Crippen LogP contribution in [0.25, 0.3) is 0 Å². The van der Waals surface area contributed by atoms with Crippen LogP contribution in [0, 0.1) is 10.1 Å². The third-order valence-electron chi connectivity index (χ3n) is 4.00. The number of nitro groups is 1. The molecule has 1 saturated heterocycles. The lowest BCUT2D eigenvalue weighted by Gasteiger charge is -2.30. The summed E-state index contributed by atoms with van der Waals surface area (Å²) in [5.41, 5.74) is 1.75. The maximum absolute atomic E-state index is 12.4. The zero-order valence-corrected chi connectivity index (χ0v) is 16.8. The van der Waals surface area contributed by atoms with Gasteiger partial charge in [-0.15, -0.1) is 11.8 Å². The molecule has 1 heterocycles. The summed E-state index contributed by atoms with van der Waals surface area (Å²) in [4.78, 5) is 25.6. The Hall–Kier alpha value is -2.10.